The van der Waals surface area contributed by atoms with Crippen LogP contribution in [0.5, 0.6) is 0 Å². The van der Waals surface area contributed by atoms with Crippen molar-refractivity contribution in [1.82, 2.24) is 14.9 Å². The highest BCUT2D eigenvalue weighted by molar-refractivity contribution is 7.89. The van der Waals surface area contributed by atoms with E-state index >= 15 is 0 Å². The minimum Gasteiger partial charge on any atom is -0.348 e. The normalized spacial score (nSPS) is 22.0. The molecule has 3 rings (SSSR count). The molecule has 25 heavy (non-hydrogen) atoms. The molecule has 0 bridgehead atoms. The van der Waals surface area contributed by atoms with Gasteiger partial charge in [-0.2, -0.15) is 4.31 Å². The number of carbonyl (C=O) groups excluding carboxylic acids is 1. The summed E-state index contributed by atoms with van der Waals surface area (Å²) in [7, 11) is -3.62. The molecule has 0 unspecified atom stereocenters. The summed E-state index contributed by atoms with van der Waals surface area (Å²) in [6.07, 6.45) is 4.74. The van der Waals surface area contributed by atoms with Crippen molar-refractivity contribution < 1.29 is 13.2 Å². The molecular formula is C17H26ClN3O3S. The summed E-state index contributed by atoms with van der Waals surface area (Å²) < 4.78 is 27.4. The predicted molar refractivity (Wildman–Crippen MR) is 99.7 cm³/mol. The lowest BCUT2D eigenvalue weighted by molar-refractivity contribution is 0.0927. The van der Waals surface area contributed by atoms with Crippen LogP contribution in [0.1, 0.15) is 42.5 Å². The third-order valence-electron chi connectivity index (χ3n) is 4.70. The van der Waals surface area contributed by atoms with Gasteiger partial charge in [-0.3, -0.25) is 4.79 Å². The van der Waals surface area contributed by atoms with Crippen molar-refractivity contribution in [1.29, 1.82) is 0 Å². The van der Waals surface area contributed by atoms with E-state index in [1.54, 1.807) is 18.2 Å². The molecule has 1 atom stereocenters. The van der Waals surface area contributed by atoms with Crippen molar-refractivity contribution in [3.63, 3.8) is 0 Å². The monoisotopic (exact) mass is 387 g/mol. The van der Waals surface area contributed by atoms with Crippen molar-refractivity contribution in [2.45, 2.75) is 43.0 Å². The molecule has 2 fully saturated rings. The number of hydrogen-bond donors (Lipinski definition) is 2. The SMILES string of the molecule is Cl.O=C(N[C@H]1CCCNC1)c1ccccc1S(=O)(=O)N1CCCCC1. The summed E-state index contributed by atoms with van der Waals surface area (Å²) in [4.78, 5) is 12.8. The Morgan fingerprint density at radius 1 is 1.12 bits per heavy atom. The maximum Gasteiger partial charge on any atom is 0.252 e. The van der Waals surface area contributed by atoms with Gasteiger partial charge in [-0.05, 0) is 44.4 Å². The average Bonchev–Trinajstić information content (AvgIpc) is 2.63. The van der Waals surface area contributed by atoms with Gasteiger partial charge < -0.3 is 10.6 Å². The van der Waals surface area contributed by atoms with Gasteiger partial charge in [0.05, 0.1) is 10.5 Å². The second-order valence-corrected chi connectivity index (χ2v) is 8.38. The molecule has 2 heterocycles. The van der Waals surface area contributed by atoms with E-state index in [0.29, 0.717) is 13.1 Å². The number of benzene rings is 1. The minimum atomic E-state index is -3.62. The van der Waals surface area contributed by atoms with Crippen LogP contribution in [0, 0.1) is 0 Å². The number of sulfonamides is 1. The van der Waals surface area contributed by atoms with Crippen LogP contribution >= 0.6 is 12.4 Å². The van der Waals surface area contributed by atoms with Gasteiger partial charge in [-0.25, -0.2) is 8.42 Å². The van der Waals surface area contributed by atoms with E-state index in [1.807, 2.05) is 0 Å². The van der Waals surface area contributed by atoms with Crippen molar-refractivity contribution in [3.8, 4) is 0 Å². The predicted octanol–water partition coefficient (Wildman–Crippen LogP) is 1.76. The lowest BCUT2D eigenvalue weighted by atomic mass is 10.1. The second-order valence-electron chi connectivity index (χ2n) is 6.48. The molecule has 8 heteroatoms. The molecule has 2 aliphatic rings. The molecule has 140 valence electrons. The van der Waals surface area contributed by atoms with E-state index in [4.69, 9.17) is 0 Å². The van der Waals surface area contributed by atoms with Gasteiger partial charge in [0.2, 0.25) is 10.0 Å². The summed E-state index contributed by atoms with van der Waals surface area (Å²) in [5, 5.41) is 6.21. The Morgan fingerprint density at radius 2 is 1.84 bits per heavy atom. The highest BCUT2D eigenvalue weighted by Gasteiger charge is 2.30. The van der Waals surface area contributed by atoms with Crippen LogP contribution in [0.25, 0.3) is 0 Å². The van der Waals surface area contributed by atoms with Crippen LogP contribution in [-0.4, -0.2) is 50.9 Å². The maximum atomic E-state index is 12.9. The highest BCUT2D eigenvalue weighted by atomic mass is 35.5. The molecule has 0 saturated carbocycles. The summed E-state index contributed by atoms with van der Waals surface area (Å²) in [5.74, 6) is -0.306. The fraction of sp³-hybridized carbons (Fsp3) is 0.588. The fourth-order valence-electron chi connectivity index (χ4n) is 3.36. The van der Waals surface area contributed by atoms with Crippen molar-refractivity contribution in [3.05, 3.63) is 29.8 Å². The Labute approximate surface area is 155 Å². The third kappa shape index (κ3) is 4.73. The molecule has 2 aliphatic heterocycles. The molecule has 2 N–H and O–H groups in total. The summed E-state index contributed by atoms with van der Waals surface area (Å²) in [6, 6.07) is 6.58. The number of hydrogen-bond acceptors (Lipinski definition) is 4. The Kier molecular flexibility index (Phi) is 7.25. The van der Waals surface area contributed by atoms with Crippen LogP contribution < -0.4 is 10.6 Å². The van der Waals surface area contributed by atoms with Crippen LogP contribution in [0.3, 0.4) is 0 Å². The zero-order chi connectivity index (χ0) is 17.0. The lowest BCUT2D eigenvalue weighted by Crippen LogP contribution is -2.46. The van der Waals surface area contributed by atoms with Crippen molar-refractivity contribution in [2.75, 3.05) is 26.2 Å². The zero-order valence-corrected chi connectivity index (χ0v) is 15.9. The van der Waals surface area contributed by atoms with Crippen LogP contribution in [0.4, 0.5) is 0 Å². The maximum absolute atomic E-state index is 12.9. The van der Waals surface area contributed by atoms with Gasteiger partial charge >= 0.3 is 0 Å². The van der Waals surface area contributed by atoms with Crippen molar-refractivity contribution in [2.24, 2.45) is 0 Å². The Morgan fingerprint density at radius 3 is 2.52 bits per heavy atom. The summed E-state index contributed by atoms with van der Waals surface area (Å²) in [6.45, 7) is 2.76. The van der Waals surface area contributed by atoms with Gasteiger partial charge in [-0.1, -0.05) is 18.6 Å². The van der Waals surface area contributed by atoms with Gasteiger partial charge in [0.1, 0.15) is 0 Å². The van der Waals surface area contributed by atoms with E-state index in [-0.39, 0.29) is 34.8 Å². The van der Waals surface area contributed by atoms with E-state index in [0.717, 1.165) is 45.2 Å². The largest absolute Gasteiger partial charge is 0.348 e. The van der Waals surface area contributed by atoms with E-state index in [2.05, 4.69) is 10.6 Å². The molecule has 0 spiro atoms. The number of amides is 1. The van der Waals surface area contributed by atoms with Gasteiger partial charge in [0, 0.05) is 25.7 Å². The smallest absolute Gasteiger partial charge is 0.252 e. The topological polar surface area (TPSA) is 78.5 Å². The standard InChI is InChI=1S/C17H25N3O3S.ClH/c21-17(19-14-7-6-10-18-13-14)15-8-2-3-9-16(15)24(22,23)20-11-4-1-5-12-20;/h2-3,8-9,14,18H,1,4-7,10-13H2,(H,19,21);1H/t14-;/m0./s1. The Bertz CT molecular complexity index is 684. The molecular weight excluding hydrogens is 362 g/mol. The zero-order valence-electron chi connectivity index (χ0n) is 14.2. The molecule has 1 amide bonds. The molecule has 2 saturated heterocycles. The summed E-state index contributed by atoms with van der Waals surface area (Å²) in [5.41, 5.74) is 0.244. The van der Waals surface area contributed by atoms with Gasteiger partial charge in [0.25, 0.3) is 5.91 Å². The second kappa shape index (κ2) is 8.98. The minimum absolute atomic E-state index is 0. The van der Waals surface area contributed by atoms with Gasteiger partial charge in [0.15, 0.2) is 0 Å². The van der Waals surface area contributed by atoms with E-state index in [9.17, 15) is 13.2 Å². The first-order valence-corrected chi connectivity index (χ1v) is 10.1. The number of rotatable bonds is 4. The lowest BCUT2D eigenvalue weighted by Gasteiger charge is -2.27. The van der Waals surface area contributed by atoms with Crippen LogP contribution in [0.2, 0.25) is 0 Å². The van der Waals surface area contributed by atoms with Crippen LogP contribution in [0.15, 0.2) is 29.2 Å². The third-order valence-corrected chi connectivity index (χ3v) is 6.65. The number of halogens is 1. The first-order chi connectivity index (χ1) is 11.6. The number of nitrogens with one attached hydrogen (secondary N) is 2. The Balaban J connectivity index is 0.00000225. The molecule has 1 aromatic carbocycles. The molecule has 0 aromatic heterocycles. The van der Waals surface area contributed by atoms with E-state index < -0.39 is 10.0 Å². The quantitative estimate of drug-likeness (QED) is 0.825. The first kappa shape index (κ1) is 20.2. The summed E-state index contributed by atoms with van der Waals surface area (Å²) >= 11 is 0. The van der Waals surface area contributed by atoms with Crippen LogP contribution in [-0.2, 0) is 10.0 Å². The fourth-order valence-corrected chi connectivity index (χ4v) is 5.07. The first-order valence-electron chi connectivity index (χ1n) is 8.70. The molecule has 6 nitrogen and oxygen atoms in total. The highest BCUT2D eigenvalue weighted by Crippen LogP contribution is 2.23. The number of nitrogens with zero attached hydrogens (tertiary/aromatic N) is 1. The van der Waals surface area contributed by atoms with E-state index in [1.165, 1.54) is 10.4 Å². The average molecular weight is 388 g/mol. The molecule has 0 radical (unpaired) electrons. The molecule has 1 aromatic rings. The Hall–Kier alpha value is -1.15. The van der Waals surface area contributed by atoms with Gasteiger partial charge in [-0.15, -0.1) is 12.4 Å². The van der Waals surface area contributed by atoms with Crippen molar-refractivity contribution >= 4 is 28.3 Å². The number of carbonyl (C=O) groups is 1. The number of piperidine rings is 2. The molecule has 0 aliphatic carbocycles.